The van der Waals surface area contributed by atoms with Crippen LogP contribution >= 0.6 is 35.0 Å². The lowest BCUT2D eigenvalue weighted by molar-refractivity contribution is -0.140. The van der Waals surface area contributed by atoms with Gasteiger partial charge in [0.2, 0.25) is 11.8 Å². The summed E-state index contributed by atoms with van der Waals surface area (Å²) in [6.45, 7) is 3.16. The largest absolute Gasteiger partial charge is 0.352 e. The van der Waals surface area contributed by atoms with Gasteiger partial charge in [0.05, 0.1) is 10.6 Å². The summed E-state index contributed by atoms with van der Waals surface area (Å²) in [4.78, 5) is 30.5. The number of rotatable bonds is 12. The minimum Gasteiger partial charge on any atom is -0.352 e. The quantitative estimate of drug-likeness (QED) is 0.201. The number of halogens is 2. The number of nitrogens with zero attached hydrogens (tertiary/aromatic N) is 2. The Morgan fingerprint density at radius 2 is 1.57 bits per heavy atom. The van der Waals surface area contributed by atoms with E-state index in [-0.39, 0.29) is 23.4 Å². The molecule has 1 N–H and O–H groups in total. The van der Waals surface area contributed by atoms with Crippen LogP contribution in [0, 0.1) is 6.92 Å². The van der Waals surface area contributed by atoms with Crippen LogP contribution in [0.2, 0.25) is 10.0 Å². The molecular formula is C33H39Cl2N3O4S2. The Kier molecular flexibility index (Phi) is 12.0. The summed E-state index contributed by atoms with van der Waals surface area (Å²) in [5, 5.41) is 3.86. The maximum absolute atomic E-state index is 14.3. The monoisotopic (exact) mass is 675 g/mol. The fourth-order valence-corrected chi connectivity index (χ4v) is 7.77. The van der Waals surface area contributed by atoms with E-state index in [0.717, 1.165) is 46.9 Å². The Labute approximate surface area is 275 Å². The zero-order valence-corrected chi connectivity index (χ0v) is 28.4. The standard InChI is InChI=1S/C33H39Cl2N3O4S2/c1-4-31(33(40)36-24-9-6-5-7-10-24)37(21-28-29(34)11-8-12-30(28)35)32(39)22-38(25-15-13-23(2)14-16-25)44(41,42)27-19-17-26(43-3)18-20-27/h8,11-20,24,31H,4-7,9-10,21-22H2,1-3H3,(H,36,40)/t31-/m1/s1. The van der Waals surface area contributed by atoms with Crippen LogP contribution in [0.15, 0.2) is 76.5 Å². The lowest BCUT2D eigenvalue weighted by atomic mass is 9.95. The number of hydrogen-bond donors (Lipinski definition) is 1. The molecule has 1 saturated carbocycles. The van der Waals surface area contributed by atoms with Gasteiger partial charge in [-0.1, -0.05) is 73.2 Å². The molecule has 0 unspecified atom stereocenters. The van der Waals surface area contributed by atoms with Crippen LogP contribution in [-0.4, -0.2) is 50.0 Å². The molecular weight excluding hydrogens is 637 g/mol. The maximum Gasteiger partial charge on any atom is 0.264 e. The van der Waals surface area contributed by atoms with Crippen LogP contribution in [0.3, 0.4) is 0 Å². The lowest BCUT2D eigenvalue weighted by Gasteiger charge is -2.34. The van der Waals surface area contributed by atoms with E-state index in [1.54, 1.807) is 66.7 Å². The summed E-state index contributed by atoms with van der Waals surface area (Å²) in [6, 6.07) is 17.8. The van der Waals surface area contributed by atoms with Crippen molar-refractivity contribution < 1.29 is 18.0 Å². The number of thioether (sulfide) groups is 1. The van der Waals surface area contributed by atoms with Crippen LogP contribution in [0.4, 0.5) is 5.69 Å². The first-order valence-electron chi connectivity index (χ1n) is 14.8. The van der Waals surface area contributed by atoms with Crippen LogP contribution in [-0.2, 0) is 26.2 Å². The van der Waals surface area contributed by atoms with E-state index in [1.165, 1.54) is 16.7 Å². The van der Waals surface area contributed by atoms with Crippen LogP contribution < -0.4 is 9.62 Å². The first-order chi connectivity index (χ1) is 21.0. The average Bonchev–Trinajstić information content (AvgIpc) is 3.02. The first-order valence-corrected chi connectivity index (χ1v) is 18.2. The van der Waals surface area contributed by atoms with E-state index in [4.69, 9.17) is 23.2 Å². The van der Waals surface area contributed by atoms with Gasteiger partial charge in [0.25, 0.3) is 10.0 Å². The topological polar surface area (TPSA) is 86.8 Å². The van der Waals surface area contributed by atoms with Gasteiger partial charge >= 0.3 is 0 Å². The Hall–Kier alpha value is -2.72. The van der Waals surface area contributed by atoms with Gasteiger partial charge in [0.1, 0.15) is 12.6 Å². The molecule has 7 nitrogen and oxygen atoms in total. The number of nitrogens with one attached hydrogen (secondary N) is 1. The number of benzene rings is 3. The number of anilines is 1. The van der Waals surface area contributed by atoms with E-state index in [0.29, 0.717) is 27.7 Å². The second-order valence-corrected chi connectivity index (χ2v) is 14.6. The van der Waals surface area contributed by atoms with Crippen molar-refractivity contribution in [3.05, 3.63) is 87.9 Å². The van der Waals surface area contributed by atoms with Gasteiger partial charge in [0, 0.05) is 33.1 Å². The molecule has 0 spiro atoms. The van der Waals surface area contributed by atoms with Gasteiger partial charge in [-0.15, -0.1) is 11.8 Å². The van der Waals surface area contributed by atoms with E-state index in [2.05, 4.69) is 5.32 Å². The number of sulfonamides is 1. The molecule has 1 fully saturated rings. The van der Waals surface area contributed by atoms with E-state index >= 15 is 0 Å². The molecule has 1 aliphatic rings. The second-order valence-electron chi connectivity index (χ2n) is 11.0. The smallest absolute Gasteiger partial charge is 0.264 e. The lowest BCUT2D eigenvalue weighted by Crippen LogP contribution is -2.54. The highest BCUT2D eigenvalue weighted by Crippen LogP contribution is 2.30. The Morgan fingerprint density at radius 3 is 2.14 bits per heavy atom. The summed E-state index contributed by atoms with van der Waals surface area (Å²) in [5.74, 6) is -0.815. The molecule has 0 heterocycles. The van der Waals surface area contributed by atoms with Gasteiger partial charge in [-0.05, 0) is 81.0 Å². The van der Waals surface area contributed by atoms with Gasteiger partial charge in [-0.25, -0.2) is 8.42 Å². The third-order valence-electron chi connectivity index (χ3n) is 7.98. The molecule has 1 atom stereocenters. The molecule has 0 aliphatic heterocycles. The van der Waals surface area contributed by atoms with Crippen molar-refractivity contribution in [2.24, 2.45) is 0 Å². The molecule has 0 saturated heterocycles. The molecule has 0 aromatic heterocycles. The van der Waals surface area contributed by atoms with Crippen LogP contribution in [0.25, 0.3) is 0 Å². The molecule has 3 aromatic carbocycles. The van der Waals surface area contributed by atoms with Crippen molar-refractivity contribution >= 4 is 62.5 Å². The van der Waals surface area contributed by atoms with Crippen molar-refractivity contribution in [2.45, 2.75) is 80.8 Å². The molecule has 0 radical (unpaired) electrons. The fraction of sp³-hybridized carbons (Fsp3) is 0.394. The predicted molar refractivity (Wildman–Crippen MR) is 180 cm³/mol. The van der Waals surface area contributed by atoms with Crippen molar-refractivity contribution in [2.75, 3.05) is 17.1 Å². The Balaban J connectivity index is 1.73. The molecule has 44 heavy (non-hydrogen) atoms. The molecule has 2 amide bonds. The van der Waals surface area contributed by atoms with Crippen LogP contribution in [0.5, 0.6) is 0 Å². The highest BCUT2D eigenvalue weighted by atomic mass is 35.5. The van der Waals surface area contributed by atoms with Gasteiger partial charge in [0.15, 0.2) is 0 Å². The summed E-state index contributed by atoms with van der Waals surface area (Å²) >= 11 is 14.6. The van der Waals surface area contributed by atoms with Gasteiger partial charge in [-0.3, -0.25) is 13.9 Å². The Morgan fingerprint density at radius 1 is 0.955 bits per heavy atom. The normalized spacial score (nSPS) is 14.6. The number of aryl methyl sites for hydroxylation is 1. The number of carbonyl (C=O) groups excluding carboxylic acids is 2. The molecule has 0 bridgehead atoms. The van der Waals surface area contributed by atoms with E-state index in [1.807, 2.05) is 20.1 Å². The van der Waals surface area contributed by atoms with Crippen LogP contribution in [0.1, 0.15) is 56.6 Å². The van der Waals surface area contributed by atoms with Crippen molar-refractivity contribution in [3.63, 3.8) is 0 Å². The summed E-state index contributed by atoms with van der Waals surface area (Å²) in [6.07, 6.45) is 7.24. The number of hydrogen-bond acceptors (Lipinski definition) is 5. The van der Waals surface area contributed by atoms with Crippen molar-refractivity contribution in [1.82, 2.24) is 10.2 Å². The van der Waals surface area contributed by atoms with Crippen molar-refractivity contribution in [1.29, 1.82) is 0 Å². The van der Waals surface area contributed by atoms with Gasteiger partial charge in [-0.2, -0.15) is 0 Å². The summed E-state index contributed by atoms with van der Waals surface area (Å²) < 4.78 is 29.3. The van der Waals surface area contributed by atoms with E-state index in [9.17, 15) is 18.0 Å². The zero-order valence-electron chi connectivity index (χ0n) is 25.3. The van der Waals surface area contributed by atoms with Crippen molar-refractivity contribution in [3.8, 4) is 0 Å². The fourth-order valence-electron chi connectivity index (χ4n) is 5.43. The molecule has 1 aliphatic carbocycles. The molecule has 3 aromatic rings. The second kappa shape index (κ2) is 15.5. The highest BCUT2D eigenvalue weighted by Gasteiger charge is 2.35. The number of carbonyl (C=O) groups is 2. The summed E-state index contributed by atoms with van der Waals surface area (Å²) in [5.41, 5.74) is 1.78. The SMILES string of the molecule is CC[C@H](C(=O)NC1CCCCC1)N(Cc1c(Cl)cccc1Cl)C(=O)CN(c1ccc(C)cc1)S(=O)(=O)c1ccc(SC)cc1. The minimum atomic E-state index is -4.16. The number of amides is 2. The maximum atomic E-state index is 14.3. The van der Waals surface area contributed by atoms with Gasteiger partial charge < -0.3 is 10.2 Å². The minimum absolute atomic E-state index is 0.0415. The Bertz CT molecular complexity index is 1520. The molecule has 11 heteroatoms. The molecule has 236 valence electrons. The summed E-state index contributed by atoms with van der Waals surface area (Å²) in [7, 11) is -4.16. The first kappa shape index (κ1) is 34.2. The van der Waals surface area contributed by atoms with E-state index < -0.39 is 28.5 Å². The third-order valence-corrected chi connectivity index (χ3v) is 11.2. The highest BCUT2D eigenvalue weighted by molar-refractivity contribution is 7.98. The predicted octanol–water partition coefficient (Wildman–Crippen LogP) is 7.48. The average molecular weight is 677 g/mol. The zero-order chi connectivity index (χ0) is 31.9. The third kappa shape index (κ3) is 8.30. The molecule has 4 rings (SSSR count).